The van der Waals surface area contributed by atoms with Gasteiger partial charge in [-0.2, -0.15) is 0 Å². The minimum Gasteiger partial charge on any atom is -0.444 e. The summed E-state index contributed by atoms with van der Waals surface area (Å²) >= 11 is 0. The zero-order chi connectivity index (χ0) is 41.6. The second-order valence-corrected chi connectivity index (χ2v) is 24.7. The van der Waals surface area contributed by atoms with Gasteiger partial charge in [0.25, 0.3) is 0 Å². The molecule has 58 heavy (non-hydrogen) atoms. The topological polar surface area (TPSA) is 131 Å². The molecule has 2 fully saturated rings. The van der Waals surface area contributed by atoms with Crippen LogP contribution >= 0.6 is 0 Å². The normalized spacial score (nSPS) is 17.8. The summed E-state index contributed by atoms with van der Waals surface area (Å²) in [6, 6.07) is 13.7. The first kappa shape index (κ1) is 41.3. The molecule has 2 N–H and O–H groups in total. The van der Waals surface area contributed by atoms with Crippen LogP contribution in [-0.2, 0) is 20.9 Å². The number of benzene rings is 2. The highest BCUT2D eigenvalue weighted by Crippen LogP contribution is 2.40. The molecule has 13 heteroatoms. The third-order valence-corrected chi connectivity index (χ3v) is 12.5. The number of hydrogen-bond donors (Lipinski definition) is 2. The largest absolute Gasteiger partial charge is 0.444 e. The lowest BCUT2D eigenvalue weighted by atomic mass is 9.95. The first-order chi connectivity index (χ1) is 27.3. The van der Waals surface area contributed by atoms with Gasteiger partial charge in [-0.3, -0.25) is 9.80 Å². The number of carbonyl (C=O) groups excluding carboxylic acids is 2. The summed E-state index contributed by atoms with van der Waals surface area (Å²) in [5.74, 6) is 1.54. The van der Waals surface area contributed by atoms with Crippen molar-refractivity contribution in [1.29, 1.82) is 0 Å². The maximum absolute atomic E-state index is 13.2. The number of H-pyrrole nitrogens is 2. The number of nitrogens with one attached hydrogen (secondary N) is 2. The van der Waals surface area contributed by atoms with Crippen molar-refractivity contribution in [3.63, 3.8) is 0 Å². The van der Waals surface area contributed by atoms with Gasteiger partial charge in [-0.1, -0.05) is 56.0 Å². The number of likely N-dealkylation sites (tertiary alicyclic amines) is 2. The summed E-state index contributed by atoms with van der Waals surface area (Å²) in [5, 5.41) is 1.15. The highest BCUT2D eigenvalue weighted by molar-refractivity contribution is 6.76. The molecule has 0 saturated carbocycles. The van der Waals surface area contributed by atoms with Gasteiger partial charge in [0.1, 0.15) is 29.6 Å². The predicted octanol–water partition coefficient (Wildman–Crippen LogP) is 10.9. The summed E-state index contributed by atoms with van der Waals surface area (Å²) in [6.45, 7) is 23.1. The van der Waals surface area contributed by atoms with Crippen LogP contribution in [-0.4, -0.2) is 85.5 Å². The van der Waals surface area contributed by atoms with Gasteiger partial charge in [-0.25, -0.2) is 19.6 Å². The molecule has 7 rings (SSSR count). The van der Waals surface area contributed by atoms with E-state index < -0.39 is 19.3 Å². The number of hydrogen-bond acceptors (Lipinski definition) is 7. The molecule has 2 amide bonds. The summed E-state index contributed by atoms with van der Waals surface area (Å²) in [7, 11) is -1.26. The molecule has 5 heterocycles. The van der Waals surface area contributed by atoms with Gasteiger partial charge in [0.15, 0.2) is 0 Å². The number of fused-ring (bicyclic) bond motifs is 1. The fourth-order valence-electron chi connectivity index (χ4n) is 8.06. The molecule has 2 atom stereocenters. The Kier molecular flexibility index (Phi) is 11.4. The quantitative estimate of drug-likeness (QED) is 0.106. The van der Waals surface area contributed by atoms with Crippen molar-refractivity contribution < 1.29 is 23.8 Å². The van der Waals surface area contributed by atoms with E-state index in [1.807, 2.05) is 53.9 Å². The van der Waals surface area contributed by atoms with E-state index in [2.05, 4.69) is 83.7 Å². The molecule has 3 aromatic heterocycles. The lowest BCUT2D eigenvalue weighted by molar-refractivity contribution is 0.0208. The van der Waals surface area contributed by atoms with E-state index in [-0.39, 0.29) is 24.3 Å². The zero-order valence-electron chi connectivity index (χ0n) is 36.0. The molecular formula is C45H61N7O5Si. The van der Waals surface area contributed by atoms with Gasteiger partial charge >= 0.3 is 12.2 Å². The van der Waals surface area contributed by atoms with Crippen LogP contribution in [0.1, 0.15) is 96.5 Å². The third-order valence-electron chi connectivity index (χ3n) is 10.8. The lowest BCUT2D eigenvalue weighted by Crippen LogP contribution is -2.36. The Morgan fingerprint density at radius 1 is 0.759 bits per heavy atom. The number of nitrogens with zero attached hydrogens (tertiary/aromatic N) is 5. The van der Waals surface area contributed by atoms with Crippen molar-refractivity contribution in [3.8, 4) is 33.6 Å². The lowest BCUT2D eigenvalue weighted by Gasteiger charge is -2.27. The minimum absolute atomic E-state index is 0.144. The molecule has 2 aliphatic heterocycles. The molecule has 2 saturated heterocycles. The van der Waals surface area contributed by atoms with Crippen LogP contribution in [0.4, 0.5) is 9.59 Å². The number of amides is 2. The Balaban J connectivity index is 1.18. The van der Waals surface area contributed by atoms with Gasteiger partial charge in [0.05, 0.1) is 41.4 Å². The van der Waals surface area contributed by atoms with Crippen LogP contribution in [0, 0.1) is 6.92 Å². The molecule has 0 aliphatic carbocycles. The smallest absolute Gasteiger partial charge is 0.410 e. The van der Waals surface area contributed by atoms with Crippen molar-refractivity contribution in [2.24, 2.45) is 0 Å². The van der Waals surface area contributed by atoms with Crippen molar-refractivity contribution >= 4 is 31.2 Å². The number of aromatic amines is 2. The minimum atomic E-state index is -1.26. The van der Waals surface area contributed by atoms with Crippen LogP contribution in [0.25, 0.3) is 44.5 Å². The summed E-state index contributed by atoms with van der Waals surface area (Å²) in [4.78, 5) is 46.4. The standard InChI is InChI=1S/C45H61N7O5Si/c1-29-27-50(28-55-23-24-58(8,9)10)39-33(35-26-47-41(49-35)37-14-12-22-52(37)43(54)57-45(5,6)7)20-19-32(38(29)39)30-15-17-31(18-16-30)34-25-46-40(48-34)36-13-11-21-51(36)42(53)56-44(2,3)4/h15-20,25-27,36-37H,11-14,21-24,28H2,1-10H3,(H,46,48)(H,47,49)/t36-,37-/m0/s1. The molecule has 0 spiro atoms. The van der Waals surface area contributed by atoms with Crippen molar-refractivity contribution in [1.82, 2.24) is 34.3 Å². The number of ether oxygens (including phenoxy) is 3. The number of aryl methyl sites for hydroxylation is 1. The number of aromatic nitrogens is 5. The SMILES string of the molecule is Cc1cn(COCC[Si](C)(C)C)c2c(-c3cnc([C@@H]4CCCN4C(=O)OC(C)(C)C)[nH]3)ccc(-c3ccc(-c4cnc([C@@H]5CCCN5C(=O)OC(C)(C)C)[nH]4)cc3)c12. The average molecular weight is 808 g/mol. The summed E-state index contributed by atoms with van der Waals surface area (Å²) in [5.41, 5.74) is 7.14. The van der Waals surface area contributed by atoms with E-state index in [0.717, 1.165) is 100 Å². The fraction of sp³-hybridized carbons (Fsp3) is 0.511. The fourth-order valence-corrected chi connectivity index (χ4v) is 8.81. The second kappa shape index (κ2) is 16.0. The predicted molar refractivity (Wildman–Crippen MR) is 231 cm³/mol. The molecule has 0 unspecified atom stereocenters. The molecule has 0 radical (unpaired) electrons. The van der Waals surface area contributed by atoms with Crippen LogP contribution in [0.5, 0.6) is 0 Å². The van der Waals surface area contributed by atoms with Crippen LogP contribution < -0.4 is 0 Å². The van der Waals surface area contributed by atoms with E-state index in [9.17, 15) is 9.59 Å². The van der Waals surface area contributed by atoms with Gasteiger partial charge in [-0.15, -0.1) is 0 Å². The molecule has 5 aromatic rings. The van der Waals surface area contributed by atoms with Gasteiger partial charge in [-0.05, 0) is 102 Å². The number of carbonyl (C=O) groups is 2. The monoisotopic (exact) mass is 807 g/mol. The highest BCUT2D eigenvalue weighted by Gasteiger charge is 2.36. The van der Waals surface area contributed by atoms with Crippen LogP contribution in [0.3, 0.4) is 0 Å². The Hall–Kier alpha value is -4.88. The van der Waals surface area contributed by atoms with Gasteiger partial charge < -0.3 is 28.7 Å². The maximum atomic E-state index is 13.2. The second-order valence-electron chi connectivity index (χ2n) is 19.1. The molecule has 12 nitrogen and oxygen atoms in total. The Morgan fingerprint density at radius 3 is 1.83 bits per heavy atom. The van der Waals surface area contributed by atoms with Crippen LogP contribution in [0.15, 0.2) is 55.0 Å². The molecule has 0 bridgehead atoms. The molecule has 2 aromatic carbocycles. The van der Waals surface area contributed by atoms with E-state index >= 15 is 0 Å². The molecular weight excluding hydrogens is 747 g/mol. The Bertz CT molecular complexity index is 2250. The first-order valence-electron chi connectivity index (χ1n) is 20.8. The van der Waals surface area contributed by atoms with E-state index in [1.165, 1.54) is 0 Å². The van der Waals surface area contributed by atoms with E-state index in [4.69, 9.17) is 24.2 Å². The number of rotatable bonds is 10. The van der Waals surface area contributed by atoms with Crippen molar-refractivity contribution in [3.05, 3.63) is 72.2 Å². The highest BCUT2D eigenvalue weighted by atomic mass is 28.3. The molecule has 2 aliphatic rings. The summed E-state index contributed by atoms with van der Waals surface area (Å²) < 4.78 is 20.0. The van der Waals surface area contributed by atoms with E-state index in [1.54, 1.807) is 9.80 Å². The van der Waals surface area contributed by atoms with Crippen LogP contribution in [0.2, 0.25) is 25.7 Å². The van der Waals surface area contributed by atoms with Gasteiger partial charge in [0, 0.05) is 44.9 Å². The Morgan fingerprint density at radius 2 is 1.28 bits per heavy atom. The van der Waals surface area contributed by atoms with E-state index in [0.29, 0.717) is 19.8 Å². The maximum Gasteiger partial charge on any atom is 0.410 e. The zero-order valence-corrected chi connectivity index (χ0v) is 37.0. The third kappa shape index (κ3) is 9.20. The van der Waals surface area contributed by atoms with Crippen molar-refractivity contribution in [2.75, 3.05) is 19.7 Å². The Labute approximate surface area is 343 Å². The average Bonchev–Trinajstić information content (AvgIpc) is 3.98. The molecule has 310 valence electrons. The first-order valence-corrected chi connectivity index (χ1v) is 24.5. The van der Waals surface area contributed by atoms with Gasteiger partial charge in [0.2, 0.25) is 0 Å². The van der Waals surface area contributed by atoms with Crippen molar-refractivity contribution in [2.45, 2.75) is 130 Å². The number of imidazole rings is 2. The summed E-state index contributed by atoms with van der Waals surface area (Å²) in [6.07, 6.45) is 8.78.